The van der Waals surface area contributed by atoms with Gasteiger partial charge in [-0.3, -0.25) is 4.79 Å². The van der Waals surface area contributed by atoms with Crippen molar-refractivity contribution >= 4 is 5.91 Å². The van der Waals surface area contributed by atoms with Crippen molar-refractivity contribution in [2.75, 3.05) is 7.11 Å². The minimum Gasteiger partial charge on any atom is -0.497 e. The molecule has 1 amide bonds. The second-order valence-electron chi connectivity index (χ2n) is 5.18. The van der Waals surface area contributed by atoms with E-state index < -0.39 is 0 Å². The molecule has 2 atom stereocenters. The van der Waals surface area contributed by atoms with Crippen LogP contribution in [0.5, 0.6) is 5.75 Å². The summed E-state index contributed by atoms with van der Waals surface area (Å²) in [5, 5.41) is 2.96. The van der Waals surface area contributed by atoms with E-state index in [1.54, 1.807) is 7.11 Å². The molecule has 4 heteroatoms. The highest BCUT2D eigenvalue weighted by Crippen LogP contribution is 2.18. The van der Waals surface area contributed by atoms with Gasteiger partial charge in [0.25, 0.3) is 0 Å². The molecule has 0 saturated carbocycles. The number of rotatable bonds is 6. The number of ether oxygens (including phenoxy) is 1. The lowest BCUT2D eigenvalue weighted by molar-refractivity contribution is -0.122. The van der Waals surface area contributed by atoms with Crippen LogP contribution in [0, 0.1) is 5.92 Å². The number of hydrogen-bond donors (Lipinski definition) is 2. The summed E-state index contributed by atoms with van der Waals surface area (Å²) in [5.41, 5.74) is 6.92. The number of methoxy groups -OCH3 is 1. The Bertz CT molecular complexity index is 418. The lowest BCUT2D eigenvalue weighted by Crippen LogP contribution is -2.35. The molecular formula is C15H24N2O2. The van der Waals surface area contributed by atoms with Crippen LogP contribution in [0.2, 0.25) is 0 Å². The fourth-order valence-corrected chi connectivity index (χ4v) is 1.74. The van der Waals surface area contributed by atoms with Gasteiger partial charge >= 0.3 is 0 Å². The molecule has 19 heavy (non-hydrogen) atoms. The van der Waals surface area contributed by atoms with E-state index in [2.05, 4.69) is 5.32 Å². The topological polar surface area (TPSA) is 64.3 Å². The zero-order valence-corrected chi connectivity index (χ0v) is 12.1. The van der Waals surface area contributed by atoms with E-state index in [4.69, 9.17) is 10.5 Å². The highest BCUT2D eigenvalue weighted by atomic mass is 16.5. The van der Waals surface area contributed by atoms with Gasteiger partial charge in [0.1, 0.15) is 5.75 Å². The Labute approximate surface area is 115 Å². The highest BCUT2D eigenvalue weighted by molar-refractivity contribution is 5.77. The normalized spacial score (nSPS) is 14.0. The number of nitrogens with one attached hydrogen (secondary N) is 1. The van der Waals surface area contributed by atoms with Gasteiger partial charge in [-0.05, 0) is 30.5 Å². The van der Waals surface area contributed by atoms with Gasteiger partial charge < -0.3 is 15.8 Å². The molecule has 1 aromatic carbocycles. The fraction of sp³-hybridized carbons (Fsp3) is 0.533. The smallest absolute Gasteiger partial charge is 0.222 e. The van der Waals surface area contributed by atoms with Crippen molar-refractivity contribution in [3.05, 3.63) is 29.8 Å². The van der Waals surface area contributed by atoms with Gasteiger partial charge in [0.2, 0.25) is 5.91 Å². The Morgan fingerprint density at radius 3 is 2.63 bits per heavy atom. The lowest BCUT2D eigenvalue weighted by atomic mass is 10.0. The second kappa shape index (κ2) is 7.14. The molecule has 3 N–H and O–H groups in total. The molecule has 1 aromatic rings. The van der Waals surface area contributed by atoms with Gasteiger partial charge in [0.15, 0.2) is 0 Å². The monoisotopic (exact) mass is 264 g/mol. The summed E-state index contributed by atoms with van der Waals surface area (Å²) in [7, 11) is 1.63. The van der Waals surface area contributed by atoms with Crippen molar-refractivity contribution in [2.24, 2.45) is 11.7 Å². The summed E-state index contributed by atoms with van der Waals surface area (Å²) in [6, 6.07) is 7.53. The Balaban J connectivity index is 2.58. The van der Waals surface area contributed by atoms with E-state index in [1.165, 1.54) is 0 Å². The van der Waals surface area contributed by atoms with Crippen LogP contribution < -0.4 is 15.8 Å². The van der Waals surface area contributed by atoms with E-state index in [0.29, 0.717) is 12.3 Å². The maximum atomic E-state index is 11.9. The number of carbonyl (C=O) groups excluding carboxylic acids is 1. The first-order valence-corrected chi connectivity index (χ1v) is 6.63. The molecule has 0 aliphatic carbocycles. The fourth-order valence-electron chi connectivity index (χ4n) is 1.74. The number of carbonyl (C=O) groups is 1. The van der Waals surface area contributed by atoms with E-state index in [-0.39, 0.29) is 18.0 Å². The molecular weight excluding hydrogens is 240 g/mol. The largest absolute Gasteiger partial charge is 0.497 e. The SMILES string of the molecule is COc1cccc([C@H](C)NC(=O)CC(N)C(C)C)c1. The van der Waals surface area contributed by atoms with Crippen molar-refractivity contribution in [3.63, 3.8) is 0 Å². The first-order valence-electron chi connectivity index (χ1n) is 6.63. The molecule has 0 aliphatic heterocycles. The molecule has 0 saturated heterocycles. The summed E-state index contributed by atoms with van der Waals surface area (Å²) >= 11 is 0. The molecule has 1 unspecified atom stereocenters. The Morgan fingerprint density at radius 2 is 2.05 bits per heavy atom. The molecule has 0 heterocycles. The van der Waals surface area contributed by atoms with Gasteiger partial charge in [-0.25, -0.2) is 0 Å². The summed E-state index contributed by atoms with van der Waals surface area (Å²) in [6.45, 7) is 5.99. The second-order valence-corrected chi connectivity index (χ2v) is 5.18. The summed E-state index contributed by atoms with van der Waals surface area (Å²) in [5.74, 6) is 1.08. The Kier molecular flexibility index (Phi) is 5.83. The number of amides is 1. The summed E-state index contributed by atoms with van der Waals surface area (Å²) in [6.07, 6.45) is 0.353. The lowest BCUT2D eigenvalue weighted by Gasteiger charge is -2.19. The third-order valence-electron chi connectivity index (χ3n) is 3.25. The van der Waals surface area contributed by atoms with E-state index in [1.807, 2.05) is 45.0 Å². The van der Waals surface area contributed by atoms with Crippen LogP contribution in [0.25, 0.3) is 0 Å². The van der Waals surface area contributed by atoms with Crippen LogP contribution in [0.4, 0.5) is 0 Å². The first kappa shape index (κ1) is 15.5. The number of hydrogen-bond acceptors (Lipinski definition) is 3. The molecule has 0 spiro atoms. The van der Waals surface area contributed by atoms with Gasteiger partial charge in [-0.15, -0.1) is 0 Å². The quantitative estimate of drug-likeness (QED) is 0.828. The molecule has 0 aliphatic rings. The van der Waals surface area contributed by atoms with Crippen LogP contribution >= 0.6 is 0 Å². The van der Waals surface area contributed by atoms with Crippen molar-refractivity contribution < 1.29 is 9.53 Å². The standard InChI is InChI=1S/C15H24N2O2/c1-10(2)14(16)9-15(18)17-11(3)12-6-5-7-13(8-12)19-4/h5-8,10-11,14H,9,16H2,1-4H3,(H,17,18)/t11-,14?/m0/s1. The molecule has 0 aromatic heterocycles. The van der Waals surface area contributed by atoms with Crippen molar-refractivity contribution in [3.8, 4) is 5.75 Å². The average Bonchev–Trinajstić information content (AvgIpc) is 2.38. The zero-order chi connectivity index (χ0) is 14.4. The highest BCUT2D eigenvalue weighted by Gasteiger charge is 2.15. The molecule has 0 bridgehead atoms. The van der Waals surface area contributed by atoms with Gasteiger partial charge in [0.05, 0.1) is 13.2 Å². The Hall–Kier alpha value is -1.55. The van der Waals surface area contributed by atoms with Gasteiger partial charge in [-0.2, -0.15) is 0 Å². The van der Waals surface area contributed by atoms with Crippen molar-refractivity contribution in [1.29, 1.82) is 0 Å². The summed E-state index contributed by atoms with van der Waals surface area (Å²) < 4.78 is 5.17. The minimum atomic E-state index is -0.0995. The van der Waals surface area contributed by atoms with Crippen molar-refractivity contribution in [1.82, 2.24) is 5.32 Å². The summed E-state index contributed by atoms with van der Waals surface area (Å²) in [4.78, 5) is 11.9. The zero-order valence-electron chi connectivity index (χ0n) is 12.1. The molecule has 1 rings (SSSR count). The molecule has 106 valence electrons. The van der Waals surface area contributed by atoms with Crippen LogP contribution in [0.3, 0.4) is 0 Å². The van der Waals surface area contributed by atoms with Crippen LogP contribution in [-0.2, 0) is 4.79 Å². The maximum absolute atomic E-state index is 11.9. The van der Waals surface area contributed by atoms with Crippen LogP contribution in [0.1, 0.15) is 38.8 Å². The third kappa shape index (κ3) is 4.91. The van der Waals surface area contributed by atoms with E-state index in [0.717, 1.165) is 11.3 Å². The molecule has 0 radical (unpaired) electrons. The van der Waals surface area contributed by atoms with E-state index in [9.17, 15) is 4.79 Å². The first-order chi connectivity index (χ1) is 8.93. The third-order valence-corrected chi connectivity index (χ3v) is 3.25. The average molecular weight is 264 g/mol. The van der Waals surface area contributed by atoms with Crippen LogP contribution in [0.15, 0.2) is 24.3 Å². The molecule has 4 nitrogen and oxygen atoms in total. The van der Waals surface area contributed by atoms with E-state index >= 15 is 0 Å². The predicted octanol–water partition coefficient (Wildman–Crippen LogP) is 2.25. The van der Waals surface area contributed by atoms with Gasteiger partial charge in [0, 0.05) is 12.5 Å². The van der Waals surface area contributed by atoms with Gasteiger partial charge in [-0.1, -0.05) is 26.0 Å². The van der Waals surface area contributed by atoms with Crippen LogP contribution in [-0.4, -0.2) is 19.1 Å². The number of nitrogens with two attached hydrogens (primary N) is 1. The number of benzene rings is 1. The maximum Gasteiger partial charge on any atom is 0.222 e. The minimum absolute atomic E-state index is 0.0171. The predicted molar refractivity (Wildman–Crippen MR) is 77.0 cm³/mol. The molecule has 0 fully saturated rings. The van der Waals surface area contributed by atoms with Crippen molar-refractivity contribution in [2.45, 2.75) is 39.3 Å². The Morgan fingerprint density at radius 1 is 1.37 bits per heavy atom.